The van der Waals surface area contributed by atoms with Crippen molar-refractivity contribution in [2.75, 3.05) is 5.73 Å². The number of benzene rings is 1. The summed E-state index contributed by atoms with van der Waals surface area (Å²) in [7, 11) is 0. The van der Waals surface area contributed by atoms with Gasteiger partial charge in [-0.2, -0.15) is 4.98 Å². The number of nitrogen functional groups attached to an aromatic ring is 1. The maximum absolute atomic E-state index is 6.13. The zero-order valence-corrected chi connectivity index (χ0v) is 14.7. The number of rotatable bonds is 4. The molecule has 4 rings (SSSR count). The van der Waals surface area contributed by atoms with Crippen LogP contribution in [-0.4, -0.2) is 16.0 Å². The van der Waals surface area contributed by atoms with Crippen LogP contribution < -0.4 is 11.1 Å². The van der Waals surface area contributed by atoms with E-state index >= 15 is 0 Å². The Labute approximate surface area is 147 Å². The Morgan fingerprint density at radius 3 is 2.76 bits per heavy atom. The van der Waals surface area contributed by atoms with E-state index in [2.05, 4.69) is 45.6 Å². The van der Waals surface area contributed by atoms with Crippen LogP contribution in [0.3, 0.4) is 0 Å². The lowest BCUT2D eigenvalue weighted by atomic mass is 9.94. The lowest BCUT2D eigenvalue weighted by Gasteiger charge is -2.21. The molecule has 1 aliphatic rings. The molecule has 0 bridgehead atoms. The van der Waals surface area contributed by atoms with Crippen LogP contribution in [-0.2, 0) is 6.54 Å². The van der Waals surface area contributed by atoms with E-state index < -0.39 is 0 Å². The molecule has 0 unspecified atom stereocenters. The van der Waals surface area contributed by atoms with Gasteiger partial charge in [0.1, 0.15) is 17.4 Å². The van der Waals surface area contributed by atoms with Crippen molar-refractivity contribution in [2.24, 2.45) is 0 Å². The van der Waals surface area contributed by atoms with Crippen molar-refractivity contribution < 1.29 is 4.42 Å². The second-order valence-corrected chi connectivity index (χ2v) is 6.92. The molecule has 0 aliphatic heterocycles. The molecular formula is C20H24N4O. The number of fused-ring (bicyclic) bond motifs is 1. The molecule has 1 aliphatic carbocycles. The molecule has 130 valence electrons. The lowest BCUT2D eigenvalue weighted by Crippen LogP contribution is -2.31. The predicted octanol–water partition coefficient (Wildman–Crippen LogP) is 3.85. The number of aryl methyl sites for hydroxylation is 2. The number of furan rings is 1. The quantitative estimate of drug-likeness (QED) is 0.757. The van der Waals surface area contributed by atoms with Crippen molar-refractivity contribution in [1.82, 2.24) is 15.3 Å². The number of hydrogen-bond donors (Lipinski definition) is 2. The molecule has 0 radical (unpaired) electrons. The van der Waals surface area contributed by atoms with Gasteiger partial charge < -0.3 is 15.5 Å². The average molecular weight is 336 g/mol. The van der Waals surface area contributed by atoms with Gasteiger partial charge >= 0.3 is 0 Å². The molecule has 1 saturated carbocycles. The van der Waals surface area contributed by atoms with Gasteiger partial charge in [0.05, 0.1) is 11.9 Å². The van der Waals surface area contributed by atoms with Crippen LogP contribution in [0.5, 0.6) is 0 Å². The summed E-state index contributed by atoms with van der Waals surface area (Å²) in [5.41, 5.74) is 9.15. The fraction of sp³-hybridized carbons (Fsp3) is 0.400. The van der Waals surface area contributed by atoms with E-state index in [0.717, 1.165) is 16.7 Å². The number of nitrogens with zero attached hydrogens (tertiary/aromatic N) is 2. The van der Waals surface area contributed by atoms with Gasteiger partial charge in [0.15, 0.2) is 0 Å². The molecule has 5 nitrogen and oxygen atoms in total. The van der Waals surface area contributed by atoms with Gasteiger partial charge in [-0.15, -0.1) is 0 Å². The molecular weight excluding hydrogens is 312 g/mol. The van der Waals surface area contributed by atoms with Crippen molar-refractivity contribution in [2.45, 2.75) is 51.6 Å². The third-order valence-electron chi connectivity index (χ3n) is 5.37. The molecule has 0 saturated heterocycles. The van der Waals surface area contributed by atoms with Gasteiger partial charge in [0.25, 0.3) is 0 Å². The second-order valence-electron chi connectivity index (χ2n) is 6.92. The fourth-order valence-electron chi connectivity index (χ4n) is 3.93. The minimum Gasteiger partial charge on any atom is -0.443 e. The van der Waals surface area contributed by atoms with E-state index in [9.17, 15) is 0 Å². The summed E-state index contributed by atoms with van der Waals surface area (Å²) in [6.45, 7) is 4.52. The van der Waals surface area contributed by atoms with Gasteiger partial charge in [-0.25, -0.2) is 4.98 Å². The van der Waals surface area contributed by atoms with Crippen LogP contribution >= 0.6 is 0 Å². The van der Waals surface area contributed by atoms with Crippen LogP contribution in [0.25, 0.3) is 11.1 Å². The Bertz CT molecular complexity index is 888. The number of aromatic nitrogens is 2. The third-order valence-corrected chi connectivity index (χ3v) is 5.37. The Hall–Kier alpha value is -2.40. The summed E-state index contributed by atoms with van der Waals surface area (Å²) in [5, 5.41) is 4.47. The Kier molecular flexibility index (Phi) is 4.17. The van der Waals surface area contributed by atoms with Crippen LogP contribution in [0.4, 0.5) is 5.82 Å². The topological polar surface area (TPSA) is 77.0 Å². The molecule has 2 aromatic heterocycles. The van der Waals surface area contributed by atoms with Crippen molar-refractivity contribution >= 4 is 16.9 Å². The summed E-state index contributed by atoms with van der Waals surface area (Å²) in [5.74, 6) is 2.59. The molecule has 1 fully saturated rings. The Morgan fingerprint density at radius 2 is 1.96 bits per heavy atom. The fourth-order valence-corrected chi connectivity index (χ4v) is 3.93. The molecule has 0 spiro atoms. The average Bonchev–Trinajstić information content (AvgIpc) is 3.19. The van der Waals surface area contributed by atoms with Gasteiger partial charge in [-0.05, 0) is 38.2 Å². The van der Waals surface area contributed by atoms with E-state index in [1.165, 1.54) is 24.8 Å². The maximum Gasteiger partial charge on any atom is 0.231 e. The van der Waals surface area contributed by atoms with Gasteiger partial charge in [-0.1, -0.05) is 36.8 Å². The zero-order chi connectivity index (χ0) is 17.4. The zero-order valence-electron chi connectivity index (χ0n) is 14.7. The first-order valence-electron chi connectivity index (χ1n) is 8.94. The molecule has 5 heteroatoms. The standard InChI is InChI=1S/C20H24N4O/c1-12-13(2)25-20-18(12)19(21)23-17(24-20)11-22-16-10-6-9-15(16)14-7-4-3-5-8-14/h3-5,7-8,15-16,22H,6,9-11H2,1-2H3,(H2,21,23,24)/t15-,16-/m0/s1. The number of anilines is 1. The highest BCUT2D eigenvalue weighted by atomic mass is 16.3. The van der Waals surface area contributed by atoms with Crippen molar-refractivity contribution in [3.8, 4) is 0 Å². The first-order chi connectivity index (χ1) is 12.1. The SMILES string of the molecule is Cc1oc2nc(CN[C@H]3CCC[C@H]3c3ccccc3)nc(N)c2c1C. The minimum atomic E-state index is 0.447. The summed E-state index contributed by atoms with van der Waals surface area (Å²) >= 11 is 0. The highest BCUT2D eigenvalue weighted by Gasteiger charge is 2.28. The van der Waals surface area contributed by atoms with Crippen molar-refractivity contribution in [3.05, 3.63) is 53.0 Å². The summed E-state index contributed by atoms with van der Waals surface area (Å²) in [4.78, 5) is 9.03. The van der Waals surface area contributed by atoms with E-state index in [-0.39, 0.29) is 0 Å². The van der Waals surface area contributed by atoms with Crippen LogP contribution in [0.1, 0.15) is 47.9 Å². The molecule has 3 N–H and O–H groups in total. The van der Waals surface area contributed by atoms with E-state index in [4.69, 9.17) is 10.2 Å². The molecule has 3 aromatic rings. The number of hydrogen-bond acceptors (Lipinski definition) is 5. The maximum atomic E-state index is 6.13. The predicted molar refractivity (Wildman–Crippen MR) is 99.4 cm³/mol. The summed E-state index contributed by atoms with van der Waals surface area (Å²) < 4.78 is 5.72. The third kappa shape index (κ3) is 3.00. The summed E-state index contributed by atoms with van der Waals surface area (Å²) in [6.07, 6.45) is 3.65. The van der Waals surface area contributed by atoms with Crippen LogP contribution in [0, 0.1) is 13.8 Å². The molecule has 25 heavy (non-hydrogen) atoms. The van der Waals surface area contributed by atoms with Crippen molar-refractivity contribution in [3.63, 3.8) is 0 Å². The largest absolute Gasteiger partial charge is 0.443 e. The van der Waals surface area contributed by atoms with Crippen molar-refractivity contribution in [1.29, 1.82) is 0 Å². The van der Waals surface area contributed by atoms with Gasteiger partial charge in [0.2, 0.25) is 5.71 Å². The van der Waals surface area contributed by atoms with Crippen LogP contribution in [0.15, 0.2) is 34.7 Å². The Balaban J connectivity index is 1.52. The molecule has 2 heterocycles. The monoisotopic (exact) mass is 336 g/mol. The van der Waals surface area contributed by atoms with E-state index in [0.29, 0.717) is 35.9 Å². The summed E-state index contributed by atoms with van der Waals surface area (Å²) in [6, 6.07) is 11.2. The minimum absolute atomic E-state index is 0.447. The first-order valence-corrected chi connectivity index (χ1v) is 8.94. The molecule has 1 aromatic carbocycles. The second kappa shape index (κ2) is 6.48. The first kappa shape index (κ1) is 16.1. The van der Waals surface area contributed by atoms with Gasteiger partial charge in [-0.3, -0.25) is 0 Å². The van der Waals surface area contributed by atoms with Crippen LogP contribution in [0.2, 0.25) is 0 Å². The molecule has 0 amide bonds. The Morgan fingerprint density at radius 1 is 1.16 bits per heavy atom. The number of nitrogens with two attached hydrogens (primary N) is 1. The van der Waals surface area contributed by atoms with E-state index in [1.54, 1.807) is 0 Å². The smallest absolute Gasteiger partial charge is 0.231 e. The van der Waals surface area contributed by atoms with Gasteiger partial charge in [0, 0.05) is 11.6 Å². The molecule has 2 atom stereocenters. The highest BCUT2D eigenvalue weighted by Crippen LogP contribution is 2.34. The van der Waals surface area contributed by atoms with E-state index in [1.807, 2.05) is 13.8 Å². The normalized spacial score (nSPS) is 20.4. The lowest BCUT2D eigenvalue weighted by molar-refractivity contribution is 0.469. The number of nitrogens with one attached hydrogen (secondary N) is 1. The highest BCUT2D eigenvalue weighted by molar-refractivity contribution is 5.88.